The second-order valence-corrected chi connectivity index (χ2v) is 5.35. The average Bonchev–Trinajstić information content (AvgIpc) is 2.95. The Morgan fingerprint density at radius 3 is 2.48 bits per heavy atom. The molecule has 1 atom stereocenters. The van der Waals surface area contributed by atoms with E-state index in [1.807, 2.05) is 6.92 Å². The molecule has 0 heterocycles. The number of carbonyl (C=O) groups excluding carboxylic acids is 1. The molecule has 114 valence electrons. The number of hydrogen-bond donors (Lipinski definition) is 1. The van der Waals surface area contributed by atoms with Gasteiger partial charge in [-0.2, -0.15) is 0 Å². The molecular formula is C14H16F2N2O3. The van der Waals surface area contributed by atoms with Gasteiger partial charge in [-0.05, 0) is 31.7 Å². The molecule has 0 spiro atoms. The number of rotatable bonds is 4. The molecule has 1 aliphatic carbocycles. The fraction of sp³-hybridized carbons (Fsp3) is 0.500. The summed E-state index contributed by atoms with van der Waals surface area (Å²) in [5.41, 5.74) is -1.19. The predicted octanol–water partition coefficient (Wildman–Crippen LogP) is 3.18. The highest BCUT2D eigenvalue weighted by atomic mass is 19.2. The Labute approximate surface area is 120 Å². The van der Waals surface area contributed by atoms with Gasteiger partial charge in [0.05, 0.1) is 11.0 Å². The highest BCUT2D eigenvalue weighted by molar-refractivity contribution is 5.98. The minimum atomic E-state index is -1.35. The van der Waals surface area contributed by atoms with E-state index in [0.717, 1.165) is 25.7 Å². The van der Waals surface area contributed by atoms with Crippen molar-refractivity contribution in [2.75, 3.05) is 0 Å². The lowest BCUT2D eigenvalue weighted by Gasteiger charge is -2.20. The van der Waals surface area contributed by atoms with Crippen LogP contribution in [0.25, 0.3) is 0 Å². The van der Waals surface area contributed by atoms with Crippen LogP contribution >= 0.6 is 0 Å². The summed E-state index contributed by atoms with van der Waals surface area (Å²) < 4.78 is 26.3. The fourth-order valence-corrected chi connectivity index (χ4v) is 2.73. The van der Waals surface area contributed by atoms with E-state index in [-0.39, 0.29) is 6.04 Å². The molecule has 2 rings (SSSR count). The molecule has 0 radical (unpaired) electrons. The van der Waals surface area contributed by atoms with Gasteiger partial charge in [-0.15, -0.1) is 0 Å². The molecular weight excluding hydrogens is 282 g/mol. The lowest BCUT2D eigenvalue weighted by molar-refractivity contribution is -0.385. The Morgan fingerprint density at radius 2 is 1.90 bits per heavy atom. The van der Waals surface area contributed by atoms with Crippen molar-refractivity contribution < 1.29 is 18.5 Å². The van der Waals surface area contributed by atoms with Gasteiger partial charge in [-0.3, -0.25) is 14.9 Å². The van der Waals surface area contributed by atoms with Crippen LogP contribution < -0.4 is 5.32 Å². The van der Waals surface area contributed by atoms with Gasteiger partial charge in [0.1, 0.15) is 5.56 Å². The summed E-state index contributed by atoms with van der Waals surface area (Å²) in [7, 11) is 0. The lowest BCUT2D eigenvalue weighted by atomic mass is 9.99. The molecule has 1 saturated carbocycles. The van der Waals surface area contributed by atoms with Crippen LogP contribution in [0, 0.1) is 27.7 Å². The predicted molar refractivity (Wildman–Crippen MR) is 71.9 cm³/mol. The summed E-state index contributed by atoms with van der Waals surface area (Å²) in [5.74, 6) is -3.06. The Morgan fingerprint density at radius 1 is 1.33 bits per heavy atom. The van der Waals surface area contributed by atoms with Crippen molar-refractivity contribution >= 4 is 11.6 Å². The Hall–Kier alpha value is -2.05. The molecule has 7 heteroatoms. The number of nitro groups is 1. The topological polar surface area (TPSA) is 72.2 Å². The zero-order chi connectivity index (χ0) is 15.6. The van der Waals surface area contributed by atoms with E-state index in [9.17, 15) is 23.7 Å². The van der Waals surface area contributed by atoms with Gasteiger partial charge in [0, 0.05) is 6.04 Å². The van der Waals surface area contributed by atoms with Crippen molar-refractivity contribution in [2.24, 2.45) is 5.92 Å². The standard InChI is InChI=1S/C14H16F2N2O3/c1-8(9-4-2-3-5-9)17-14(19)10-6-11(15)12(16)7-13(10)18(20)21/h6-9H,2-5H2,1H3,(H,17,19). The normalized spacial score (nSPS) is 16.7. The zero-order valence-electron chi connectivity index (χ0n) is 11.6. The first-order valence-electron chi connectivity index (χ1n) is 6.84. The Balaban J connectivity index is 2.21. The van der Waals surface area contributed by atoms with Gasteiger partial charge < -0.3 is 5.32 Å². The third kappa shape index (κ3) is 3.34. The van der Waals surface area contributed by atoms with Crippen molar-refractivity contribution in [3.63, 3.8) is 0 Å². The van der Waals surface area contributed by atoms with Crippen LogP contribution in [0.15, 0.2) is 12.1 Å². The molecule has 1 fully saturated rings. The monoisotopic (exact) mass is 298 g/mol. The number of carbonyl (C=O) groups is 1. The molecule has 1 aromatic rings. The highest BCUT2D eigenvalue weighted by Gasteiger charge is 2.27. The summed E-state index contributed by atoms with van der Waals surface area (Å²) in [4.78, 5) is 22.1. The molecule has 1 aromatic carbocycles. The van der Waals surface area contributed by atoms with Gasteiger partial charge in [0.2, 0.25) is 0 Å². The molecule has 0 bridgehead atoms. The number of halogens is 2. The number of hydrogen-bond acceptors (Lipinski definition) is 3. The summed E-state index contributed by atoms with van der Waals surface area (Å²) >= 11 is 0. The van der Waals surface area contributed by atoms with Gasteiger partial charge >= 0.3 is 0 Å². The van der Waals surface area contributed by atoms with Crippen LogP contribution in [0.5, 0.6) is 0 Å². The van der Waals surface area contributed by atoms with Gasteiger partial charge in [0.15, 0.2) is 11.6 Å². The first-order valence-corrected chi connectivity index (χ1v) is 6.84. The van der Waals surface area contributed by atoms with E-state index in [1.54, 1.807) is 0 Å². The maximum absolute atomic E-state index is 13.2. The third-order valence-electron chi connectivity index (χ3n) is 3.95. The van der Waals surface area contributed by atoms with E-state index < -0.39 is 33.7 Å². The first-order chi connectivity index (χ1) is 9.90. The molecule has 1 N–H and O–H groups in total. The smallest absolute Gasteiger partial charge is 0.285 e. The minimum Gasteiger partial charge on any atom is -0.349 e. The lowest BCUT2D eigenvalue weighted by Crippen LogP contribution is -2.37. The third-order valence-corrected chi connectivity index (χ3v) is 3.95. The van der Waals surface area contributed by atoms with E-state index >= 15 is 0 Å². The number of nitro benzene ring substituents is 1. The zero-order valence-corrected chi connectivity index (χ0v) is 11.6. The van der Waals surface area contributed by atoms with Gasteiger partial charge in [0.25, 0.3) is 11.6 Å². The van der Waals surface area contributed by atoms with Crippen molar-refractivity contribution in [3.05, 3.63) is 39.4 Å². The van der Waals surface area contributed by atoms with Crippen LogP contribution in [-0.4, -0.2) is 16.9 Å². The number of benzene rings is 1. The summed E-state index contributed by atoms with van der Waals surface area (Å²) in [6.45, 7) is 1.82. The minimum absolute atomic E-state index is 0.160. The van der Waals surface area contributed by atoms with Crippen molar-refractivity contribution in [2.45, 2.75) is 38.6 Å². The molecule has 0 aliphatic heterocycles. The quantitative estimate of drug-likeness (QED) is 0.685. The van der Waals surface area contributed by atoms with Crippen molar-refractivity contribution in [3.8, 4) is 0 Å². The molecule has 5 nitrogen and oxygen atoms in total. The summed E-state index contributed by atoms with van der Waals surface area (Å²) in [6, 6.07) is 0.849. The van der Waals surface area contributed by atoms with Crippen molar-refractivity contribution in [1.29, 1.82) is 0 Å². The summed E-state index contributed by atoms with van der Waals surface area (Å²) in [5, 5.41) is 13.5. The second-order valence-electron chi connectivity index (χ2n) is 5.35. The van der Waals surface area contributed by atoms with E-state index in [0.29, 0.717) is 18.1 Å². The summed E-state index contributed by atoms with van der Waals surface area (Å²) in [6.07, 6.45) is 4.16. The highest BCUT2D eigenvalue weighted by Crippen LogP contribution is 2.28. The maximum Gasteiger partial charge on any atom is 0.285 e. The molecule has 21 heavy (non-hydrogen) atoms. The Bertz CT molecular complexity index is 572. The van der Waals surface area contributed by atoms with Crippen molar-refractivity contribution in [1.82, 2.24) is 5.32 Å². The SMILES string of the molecule is CC(NC(=O)c1cc(F)c(F)cc1[N+](=O)[O-])C1CCCC1. The maximum atomic E-state index is 13.2. The van der Waals surface area contributed by atoms with Crippen LogP contribution in [-0.2, 0) is 0 Å². The fourth-order valence-electron chi connectivity index (χ4n) is 2.73. The second kappa shape index (κ2) is 6.15. The molecule has 0 aromatic heterocycles. The number of nitrogens with zero attached hydrogens (tertiary/aromatic N) is 1. The van der Waals surface area contributed by atoms with E-state index in [1.165, 1.54) is 0 Å². The molecule has 1 aliphatic rings. The van der Waals surface area contributed by atoms with Gasteiger partial charge in [-0.1, -0.05) is 12.8 Å². The molecule has 1 amide bonds. The largest absolute Gasteiger partial charge is 0.349 e. The average molecular weight is 298 g/mol. The van der Waals surface area contributed by atoms with E-state index in [4.69, 9.17) is 0 Å². The van der Waals surface area contributed by atoms with Crippen LogP contribution in [0.3, 0.4) is 0 Å². The van der Waals surface area contributed by atoms with Crippen LogP contribution in [0.2, 0.25) is 0 Å². The molecule has 0 saturated heterocycles. The van der Waals surface area contributed by atoms with Crippen LogP contribution in [0.1, 0.15) is 43.0 Å². The number of amides is 1. The van der Waals surface area contributed by atoms with Crippen LogP contribution in [0.4, 0.5) is 14.5 Å². The van der Waals surface area contributed by atoms with E-state index in [2.05, 4.69) is 5.32 Å². The molecule has 1 unspecified atom stereocenters. The van der Waals surface area contributed by atoms with Gasteiger partial charge in [-0.25, -0.2) is 8.78 Å². The Kier molecular flexibility index (Phi) is 4.50. The number of nitrogens with one attached hydrogen (secondary N) is 1. The first kappa shape index (κ1) is 15.3.